The largest absolute Gasteiger partial charge is 0.461 e. The standard InChI is InChI=1S/C26H24IN7O4S/c1-2-38-25(37)21-15-39-26(30-21)31-24(36)20(13-17-6-4-3-5-7-17)29-23(35)11-9-19-12-18(14-27)8-10-22(19)34-16-28-32-33-34/h3-12,15-16,20H,2,13-14H2,1H3,(H,29,35)(H,30,31,36)/b11-9+/t20-/m0/s1. The lowest BCUT2D eigenvalue weighted by Crippen LogP contribution is -2.44. The minimum absolute atomic E-state index is 0.107. The molecular formula is C26H24IN7O4S. The third-order valence-corrected chi connectivity index (χ3v) is 7.03. The van der Waals surface area contributed by atoms with Crippen LogP contribution in [0.5, 0.6) is 0 Å². The Labute approximate surface area is 241 Å². The molecule has 0 aliphatic heterocycles. The molecular weight excluding hydrogens is 633 g/mol. The van der Waals surface area contributed by atoms with Crippen molar-refractivity contribution in [1.82, 2.24) is 30.5 Å². The summed E-state index contributed by atoms with van der Waals surface area (Å²) in [6.45, 7) is 1.92. The van der Waals surface area contributed by atoms with Crippen molar-refractivity contribution in [2.45, 2.75) is 23.8 Å². The predicted octanol–water partition coefficient (Wildman–Crippen LogP) is 3.61. The normalized spacial score (nSPS) is 11.7. The van der Waals surface area contributed by atoms with Gasteiger partial charge in [0.2, 0.25) is 11.8 Å². The van der Waals surface area contributed by atoms with E-state index in [1.54, 1.807) is 13.0 Å². The Morgan fingerprint density at radius 1 is 1.15 bits per heavy atom. The van der Waals surface area contributed by atoms with Gasteiger partial charge < -0.3 is 15.4 Å². The van der Waals surface area contributed by atoms with Gasteiger partial charge in [-0.1, -0.05) is 59.0 Å². The molecule has 1 atom stereocenters. The lowest BCUT2D eigenvalue weighted by molar-refractivity contribution is -0.123. The third kappa shape index (κ3) is 7.77. The summed E-state index contributed by atoms with van der Waals surface area (Å²) in [5, 5.41) is 18.5. The first-order valence-corrected chi connectivity index (χ1v) is 14.3. The Hall–Kier alpha value is -3.98. The summed E-state index contributed by atoms with van der Waals surface area (Å²) < 4.78 is 7.25. The maximum Gasteiger partial charge on any atom is 0.357 e. The fourth-order valence-corrected chi connectivity index (χ4v) is 4.72. The minimum Gasteiger partial charge on any atom is -0.461 e. The van der Waals surface area contributed by atoms with E-state index < -0.39 is 23.8 Å². The highest BCUT2D eigenvalue weighted by Gasteiger charge is 2.22. The lowest BCUT2D eigenvalue weighted by atomic mass is 10.0. The number of alkyl halides is 1. The molecule has 13 heteroatoms. The van der Waals surface area contributed by atoms with E-state index in [0.717, 1.165) is 32.5 Å². The van der Waals surface area contributed by atoms with Crippen LogP contribution in [-0.4, -0.2) is 55.6 Å². The zero-order chi connectivity index (χ0) is 27.6. The van der Waals surface area contributed by atoms with Gasteiger partial charge in [-0.3, -0.25) is 9.59 Å². The van der Waals surface area contributed by atoms with Crippen LogP contribution in [-0.2, 0) is 25.2 Å². The SMILES string of the molecule is CCOC(=O)c1csc(NC(=O)[C@H](Cc2ccccc2)NC(=O)/C=C/c2cc(CI)ccc2-n2cnnn2)n1. The molecule has 4 rings (SSSR count). The molecule has 2 heterocycles. The molecule has 2 amide bonds. The summed E-state index contributed by atoms with van der Waals surface area (Å²) in [6.07, 6.45) is 4.75. The number of nitrogens with zero attached hydrogens (tertiary/aromatic N) is 5. The van der Waals surface area contributed by atoms with Gasteiger partial charge in [0, 0.05) is 27.9 Å². The van der Waals surface area contributed by atoms with Crippen LogP contribution in [0.25, 0.3) is 11.8 Å². The molecule has 0 unspecified atom stereocenters. The number of benzene rings is 2. The molecule has 0 saturated heterocycles. The second kappa shape index (κ2) is 13.7. The van der Waals surface area contributed by atoms with E-state index >= 15 is 0 Å². The molecule has 0 radical (unpaired) electrons. The van der Waals surface area contributed by atoms with E-state index in [2.05, 4.69) is 53.7 Å². The second-order valence-corrected chi connectivity index (χ2v) is 9.73. The van der Waals surface area contributed by atoms with Crippen LogP contribution in [0, 0.1) is 0 Å². The number of ether oxygens (including phenoxy) is 1. The van der Waals surface area contributed by atoms with Gasteiger partial charge in [0.05, 0.1) is 12.3 Å². The molecule has 4 aromatic rings. The number of nitrogens with one attached hydrogen (secondary N) is 2. The third-order valence-electron chi connectivity index (χ3n) is 5.39. The zero-order valence-electron chi connectivity index (χ0n) is 20.8. The van der Waals surface area contributed by atoms with Gasteiger partial charge in [-0.2, -0.15) is 4.68 Å². The van der Waals surface area contributed by atoms with Crippen molar-refractivity contribution in [2.24, 2.45) is 0 Å². The zero-order valence-corrected chi connectivity index (χ0v) is 23.8. The molecule has 2 N–H and O–H groups in total. The number of carbonyl (C=O) groups is 3. The molecule has 39 heavy (non-hydrogen) atoms. The Balaban J connectivity index is 1.51. The first-order chi connectivity index (χ1) is 19.0. The maximum atomic E-state index is 13.2. The van der Waals surface area contributed by atoms with Gasteiger partial charge in [-0.15, -0.1) is 16.4 Å². The van der Waals surface area contributed by atoms with E-state index in [0.29, 0.717) is 5.69 Å². The highest BCUT2D eigenvalue weighted by Crippen LogP contribution is 2.20. The highest BCUT2D eigenvalue weighted by molar-refractivity contribution is 14.1. The Morgan fingerprint density at radius 3 is 2.69 bits per heavy atom. The summed E-state index contributed by atoms with van der Waals surface area (Å²) in [6, 6.07) is 14.2. The number of aromatic nitrogens is 5. The molecule has 0 bridgehead atoms. The van der Waals surface area contributed by atoms with Crippen molar-refractivity contribution < 1.29 is 19.1 Å². The van der Waals surface area contributed by atoms with Crippen molar-refractivity contribution in [2.75, 3.05) is 11.9 Å². The van der Waals surface area contributed by atoms with Crippen LogP contribution >= 0.6 is 33.9 Å². The summed E-state index contributed by atoms with van der Waals surface area (Å²) >= 11 is 3.36. The van der Waals surface area contributed by atoms with Crippen molar-refractivity contribution in [3.8, 4) is 5.69 Å². The van der Waals surface area contributed by atoms with Crippen LogP contribution in [0.2, 0.25) is 0 Å². The fourth-order valence-electron chi connectivity index (χ4n) is 3.57. The summed E-state index contributed by atoms with van der Waals surface area (Å²) in [5.74, 6) is -1.49. The summed E-state index contributed by atoms with van der Waals surface area (Å²) in [5.41, 5.74) is 3.49. The minimum atomic E-state index is -0.904. The topological polar surface area (TPSA) is 141 Å². The monoisotopic (exact) mass is 657 g/mol. The number of thiazole rings is 1. The number of anilines is 1. The Morgan fingerprint density at radius 2 is 1.97 bits per heavy atom. The summed E-state index contributed by atoms with van der Waals surface area (Å²) in [7, 11) is 0. The van der Waals surface area contributed by atoms with Crippen molar-refractivity contribution >= 4 is 62.9 Å². The Kier molecular flexibility index (Phi) is 9.85. The first kappa shape index (κ1) is 28.0. The van der Waals surface area contributed by atoms with Crippen LogP contribution in [0.1, 0.15) is 34.1 Å². The van der Waals surface area contributed by atoms with Gasteiger partial charge in [0.15, 0.2) is 10.8 Å². The molecule has 0 aliphatic carbocycles. The molecule has 11 nitrogen and oxygen atoms in total. The first-order valence-electron chi connectivity index (χ1n) is 11.8. The van der Waals surface area contributed by atoms with E-state index in [1.165, 1.54) is 22.5 Å². The van der Waals surface area contributed by atoms with Gasteiger partial charge in [-0.05, 0) is 46.7 Å². The fraction of sp³-hybridized carbons (Fsp3) is 0.192. The molecule has 0 aliphatic rings. The van der Waals surface area contributed by atoms with Crippen LogP contribution in [0.4, 0.5) is 5.13 Å². The number of carbonyl (C=O) groups excluding carboxylic acids is 3. The molecule has 2 aromatic heterocycles. The highest BCUT2D eigenvalue weighted by atomic mass is 127. The molecule has 0 saturated carbocycles. The van der Waals surface area contributed by atoms with Crippen LogP contribution in [0.3, 0.4) is 0 Å². The average Bonchev–Trinajstić information content (AvgIpc) is 3.65. The van der Waals surface area contributed by atoms with E-state index in [1.807, 2.05) is 48.5 Å². The number of tetrazole rings is 1. The maximum absolute atomic E-state index is 13.2. The van der Waals surface area contributed by atoms with Crippen molar-refractivity contribution in [3.63, 3.8) is 0 Å². The number of hydrogen-bond donors (Lipinski definition) is 2. The van der Waals surface area contributed by atoms with Crippen molar-refractivity contribution in [1.29, 1.82) is 0 Å². The lowest BCUT2D eigenvalue weighted by Gasteiger charge is -2.17. The summed E-state index contributed by atoms with van der Waals surface area (Å²) in [4.78, 5) is 42.2. The Bertz CT molecular complexity index is 1460. The van der Waals surface area contributed by atoms with Crippen LogP contribution in [0.15, 0.2) is 66.3 Å². The quantitative estimate of drug-likeness (QED) is 0.108. The number of amides is 2. The number of halogens is 1. The molecule has 200 valence electrons. The van der Waals surface area contributed by atoms with Gasteiger partial charge in [0.1, 0.15) is 12.4 Å². The van der Waals surface area contributed by atoms with E-state index in [4.69, 9.17) is 4.74 Å². The second-order valence-electron chi connectivity index (χ2n) is 8.11. The molecule has 0 fully saturated rings. The van der Waals surface area contributed by atoms with Gasteiger partial charge >= 0.3 is 5.97 Å². The number of esters is 1. The number of rotatable bonds is 11. The van der Waals surface area contributed by atoms with Gasteiger partial charge in [0.25, 0.3) is 0 Å². The number of hydrogen-bond acceptors (Lipinski definition) is 9. The predicted molar refractivity (Wildman–Crippen MR) is 155 cm³/mol. The average molecular weight is 657 g/mol. The van der Waals surface area contributed by atoms with E-state index in [9.17, 15) is 14.4 Å². The molecule has 0 spiro atoms. The molecule has 2 aromatic carbocycles. The van der Waals surface area contributed by atoms with Gasteiger partial charge in [-0.25, -0.2) is 9.78 Å². The van der Waals surface area contributed by atoms with Crippen LogP contribution < -0.4 is 10.6 Å². The van der Waals surface area contributed by atoms with E-state index in [-0.39, 0.29) is 23.9 Å². The smallest absolute Gasteiger partial charge is 0.357 e. The van der Waals surface area contributed by atoms with Crippen molar-refractivity contribution in [3.05, 3.63) is 88.7 Å².